The van der Waals surface area contributed by atoms with Gasteiger partial charge in [-0.15, -0.1) is 0 Å². The first-order chi connectivity index (χ1) is 9.65. The Morgan fingerprint density at radius 3 is 2.70 bits per heavy atom. The van der Waals surface area contributed by atoms with Gasteiger partial charge in [-0.2, -0.15) is 0 Å². The number of urea groups is 1. The van der Waals surface area contributed by atoms with E-state index in [2.05, 4.69) is 15.6 Å². The number of pyridine rings is 1. The number of carbonyl (C=O) groups excluding carboxylic acids is 1. The molecule has 2 heterocycles. The minimum atomic E-state index is -1.07. The lowest BCUT2D eigenvalue weighted by Gasteiger charge is -2.23. The van der Waals surface area contributed by atoms with Gasteiger partial charge in [0.05, 0.1) is 0 Å². The highest BCUT2D eigenvalue weighted by Gasteiger charge is 2.15. The topological polar surface area (TPSA) is 101 Å². The molecule has 1 saturated heterocycles. The summed E-state index contributed by atoms with van der Waals surface area (Å²) in [5, 5.41) is 14.3. The van der Waals surface area contributed by atoms with Gasteiger partial charge in [0.1, 0.15) is 5.69 Å². The van der Waals surface area contributed by atoms with Crippen LogP contribution in [0.5, 0.6) is 0 Å². The van der Waals surface area contributed by atoms with Crippen molar-refractivity contribution in [2.75, 3.05) is 13.2 Å². The lowest BCUT2D eigenvalue weighted by molar-refractivity contribution is 0.0690. The third-order valence-corrected chi connectivity index (χ3v) is 3.05. The summed E-state index contributed by atoms with van der Waals surface area (Å²) >= 11 is 0. The standard InChI is InChI=1S/C13H17N3O4/c17-12(18)11-2-1-9(7-14-11)8-15-13(19)16-10-3-5-20-6-4-10/h1-2,7,10H,3-6,8H2,(H,17,18)(H2,15,16,19). The first kappa shape index (κ1) is 14.3. The second-order valence-electron chi connectivity index (χ2n) is 4.57. The molecule has 1 aromatic rings. The van der Waals surface area contributed by atoms with Crippen LogP contribution in [0.3, 0.4) is 0 Å². The van der Waals surface area contributed by atoms with E-state index >= 15 is 0 Å². The molecule has 108 valence electrons. The minimum Gasteiger partial charge on any atom is -0.477 e. The quantitative estimate of drug-likeness (QED) is 0.755. The number of carboxylic acid groups (broad SMARTS) is 1. The number of hydrogen-bond donors (Lipinski definition) is 3. The van der Waals surface area contributed by atoms with Gasteiger partial charge in [-0.3, -0.25) is 0 Å². The summed E-state index contributed by atoms with van der Waals surface area (Å²) < 4.78 is 5.21. The molecular weight excluding hydrogens is 262 g/mol. The van der Waals surface area contributed by atoms with E-state index in [1.165, 1.54) is 12.3 Å². The monoisotopic (exact) mass is 279 g/mol. The number of hydrogen-bond acceptors (Lipinski definition) is 4. The molecule has 1 aliphatic rings. The normalized spacial score (nSPS) is 15.6. The van der Waals surface area contributed by atoms with Gasteiger partial charge in [0.2, 0.25) is 0 Å². The summed E-state index contributed by atoms with van der Waals surface area (Å²) in [6, 6.07) is 2.96. The first-order valence-corrected chi connectivity index (χ1v) is 6.45. The number of carbonyl (C=O) groups is 2. The van der Waals surface area contributed by atoms with Crippen LogP contribution in [-0.2, 0) is 11.3 Å². The van der Waals surface area contributed by atoms with E-state index in [9.17, 15) is 9.59 Å². The summed E-state index contributed by atoms with van der Waals surface area (Å²) in [5.41, 5.74) is 0.734. The van der Waals surface area contributed by atoms with Crippen molar-refractivity contribution >= 4 is 12.0 Å². The fourth-order valence-electron chi connectivity index (χ4n) is 1.92. The first-order valence-electron chi connectivity index (χ1n) is 6.45. The van der Waals surface area contributed by atoms with Crippen LogP contribution in [0.4, 0.5) is 4.79 Å². The highest BCUT2D eigenvalue weighted by Crippen LogP contribution is 2.06. The Kier molecular flexibility index (Phi) is 4.89. The summed E-state index contributed by atoms with van der Waals surface area (Å²) in [7, 11) is 0. The Balaban J connectivity index is 1.76. The molecule has 0 aromatic carbocycles. The molecule has 0 saturated carbocycles. The summed E-state index contributed by atoms with van der Waals surface area (Å²) in [5.74, 6) is -1.07. The van der Waals surface area contributed by atoms with Crippen molar-refractivity contribution in [3.05, 3.63) is 29.6 Å². The average Bonchev–Trinajstić information content (AvgIpc) is 2.46. The van der Waals surface area contributed by atoms with Gasteiger partial charge >= 0.3 is 12.0 Å². The number of aromatic nitrogens is 1. The number of nitrogens with one attached hydrogen (secondary N) is 2. The van der Waals surface area contributed by atoms with Crippen LogP contribution < -0.4 is 10.6 Å². The summed E-state index contributed by atoms with van der Waals surface area (Å²) in [4.78, 5) is 26.1. The van der Waals surface area contributed by atoms with Gasteiger partial charge in [-0.1, -0.05) is 6.07 Å². The van der Waals surface area contributed by atoms with Crippen molar-refractivity contribution in [3.63, 3.8) is 0 Å². The molecule has 0 unspecified atom stereocenters. The molecule has 0 radical (unpaired) electrons. The Morgan fingerprint density at radius 1 is 1.35 bits per heavy atom. The predicted molar refractivity (Wildman–Crippen MR) is 70.4 cm³/mol. The Bertz CT molecular complexity index is 469. The van der Waals surface area contributed by atoms with Crippen molar-refractivity contribution in [3.8, 4) is 0 Å². The fourth-order valence-corrected chi connectivity index (χ4v) is 1.92. The zero-order chi connectivity index (χ0) is 14.4. The molecular formula is C13H17N3O4. The molecule has 0 atom stereocenters. The van der Waals surface area contributed by atoms with Crippen LogP contribution in [0.25, 0.3) is 0 Å². The largest absolute Gasteiger partial charge is 0.477 e. The summed E-state index contributed by atoms with van der Waals surface area (Å²) in [6.07, 6.45) is 3.09. The Morgan fingerprint density at radius 2 is 2.10 bits per heavy atom. The fraction of sp³-hybridized carbons (Fsp3) is 0.462. The zero-order valence-corrected chi connectivity index (χ0v) is 11.0. The molecule has 1 fully saturated rings. The minimum absolute atomic E-state index is 0.0135. The van der Waals surface area contributed by atoms with Gasteiger partial charge in [0.25, 0.3) is 0 Å². The van der Waals surface area contributed by atoms with Crippen LogP contribution in [0.2, 0.25) is 0 Å². The Labute approximate surface area is 116 Å². The van der Waals surface area contributed by atoms with E-state index in [0.717, 1.165) is 18.4 Å². The molecule has 2 amide bonds. The second kappa shape index (κ2) is 6.85. The number of aromatic carboxylic acids is 1. The molecule has 3 N–H and O–H groups in total. The van der Waals surface area contributed by atoms with Gasteiger partial charge < -0.3 is 20.5 Å². The van der Waals surface area contributed by atoms with Gasteiger partial charge in [-0.25, -0.2) is 14.6 Å². The van der Waals surface area contributed by atoms with Crippen molar-refractivity contribution in [2.24, 2.45) is 0 Å². The maximum atomic E-state index is 11.7. The SMILES string of the molecule is O=C(NCc1ccc(C(=O)O)nc1)NC1CCOCC1. The molecule has 0 spiro atoms. The van der Waals surface area contributed by atoms with E-state index in [1.54, 1.807) is 6.07 Å². The number of ether oxygens (including phenoxy) is 1. The lowest BCUT2D eigenvalue weighted by Crippen LogP contribution is -2.44. The van der Waals surface area contributed by atoms with E-state index in [1.807, 2.05) is 0 Å². The molecule has 1 aromatic heterocycles. The molecule has 2 rings (SSSR count). The predicted octanol–water partition coefficient (Wildman–Crippen LogP) is 0.758. The highest BCUT2D eigenvalue weighted by molar-refractivity contribution is 5.85. The second-order valence-corrected chi connectivity index (χ2v) is 4.57. The van der Waals surface area contributed by atoms with Crippen molar-refractivity contribution in [2.45, 2.75) is 25.4 Å². The molecule has 7 nitrogen and oxygen atoms in total. The molecule has 20 heavy (non-hydrogen) atoms. The smallest absolute Gasteiger partial charge is 0.354 e. The summed E-state index contributed by atoms with van der Waals surface area (Å²) in [6.45, 7) is 1.65. The molecule has 7 heteroatoms. The van der Waals surface area contributed by atoms with E-state index in [4.69, 9.17) is 9.84 Å². The lowest BCUT2D eigenvalue weighted by atomic mass is 10.1. The number of rotatable bonds is 4. The number of nitrogens with zero attached hydrogens (tertiary/aromatic N) is 1. The molecule has 0 bridgehead atoms. The van der Waals surface area contributed by atoms with Crippen LogP contribution >= 0.6 is 0 Å². The third kappa shape index (κ3) is 4.20. The molecule has 1 aliphatic heterocycles. The van der Waals surface area contributed by atoms with Crippen LogP contribution in [-0.4, -0.2) is 41.3 Å². The maximum absolute atomic E-state index is 11.7. The van der Waals surface area contributed by atoms with Crippen LogP contribution in [0.1, 0.15) is 28.9 Å². The van der Waals surface area contributed by atoms with Crippen LogP contribution in [0, 0.1) is 0 Å². The third-order valence-electron chi connectivity index (χ3n) is 3.05. The van der Waals surface area contributed by atoms with Crippen LogP contribution in [0.15, 0.2) is 18.3 Å². The number of amides is 2. The average molecular weight is 279 g/mol. The highest BCUT2D eigenvalue weighted by atomic mass is 16.5. The Hall–Kier alpha value is -2.15. The van der Waals surface area contributed by atoms with E-state index < -0.39 is 5.97 Å². The van der Waals surface area contributed by atoms with Gasteiger partial charge in [-0.05, 0) is 24.5 Å². The zero-order valence-electron chi connectivity index (χ0n) is 11.0. The number of carboxylic acids is 1. The van der Waals surface area contributed by atoms with Gasteiger partial charge in [0.15, 0.2) is 0 Å². The maximum Gasteiger partial charge on any atom is 0.354 e. The van der Waals surface area contributed by atoms with Crippen molar-refractivity contribution in [1.29, 1.82) is 0 Å². The van der Waals surface area contributed by atoms with E-state index in [-0.39, 0.29) is 17.8 Å². The van der Waals surface area contributed by atoms with Gasteiger partial charge in [0, 0.05) is 32.0 Å². The van der Waals surface area contributed by atoms with E-state index in [0.29, 0.717) is 19.8 Å². The molecule has 0 aliphatic carbocycles. The van der Waals surface area contributed by atoms with Crippen molar-refractivity contribution < 1.29 is 19.4 Å². The van der Waals surface area contributed by atoms with Crippen molar-refractivity contribution in [1.82, 2.24) is 15.6 Å².